The van der Waals surface area contributed by atoms with Crippen molar-refractivity contribution in [2.45, 2.75) is 77.7 Å². The normalized spacial score (nSPS) is 16.9. The van der Waals surface area contributed by atoms with Crippen molar-refractivity contribution in [3.05, 3.63) is 82.9 Å². The fourth-order valence-corrected chi connectivity index (χ4v) is 6.31. The van der Waals surface area contributed by atoms with Crippen molar-refractivity contribution in [1.29, 1.82) is 0 Å². The molecular weight excluding hydrogens is 730 g/mol. The highest BCUT2D eigenvalue weighted by Gasteiger charge is 2.54. The number of halogens is 7. The van der Waals surface area contributed by atoms with Gasteiger partial charge in [0.25, 0.3) is 5.91 Å². The van der Waals surface area contributed by atoms with Crippen molar-refractivity contribution in [3.8, 4) is 22.8 Å². The van der Waals surface area contributed by atoms with Gasteiger partial charge in [-0.2, -0.15) is 18.6 Å². The molecule has 5 rings (SSSR count). The minimum atomic E-state index is -3.08. The monoisotopic (exact) mass is 766 g/mol. The Morgan fingerprint density at radius 1 is 1.04 bits per heavy atom. The van der Waals surface area contributed by atoms with Gasteiger partial charge in [-0.05, 0) is 61.7 Å². The molecule has 2 aromatic heterocycles. The van der Waals surface area contributed by atoms with Crippen molar-refractivity contribution >= 4 is 29.4 Å². The van der Waals surface area contributed by atoms with Crippen LogP contribution in [0.4, 0.5) is 26.7 Å². The Bertz CT molecular complexity index is 1990. The molecule has 2 N–H and O–H groups in total. The number of rotatable bonds is 13. The zero-order chi connectivity index (χ0) is 38.2. The lowest BCUT2D eigenvalue weighted by atomic mass is 9.78. The summed E-state index contributed by atoms with van der Waals surface area (Å²) in [5.74, 6) is -2.06. The van der Waals surface area contributed by atoms with Gasteiger partial charge < -0.3 is 10.5 Å². The standard InChI is InChI=1S/C35H36ClF5N8O3.FH/c1-19-13-21(27-43-11-6-12-44-27)7-9-23(19)35(17-34(4,5)41)30(51)48(32(42)47-35)25(16-52-26(50)15-33(2,3)29(37)38)20-8-10-24(36)22(14-20)28-45-18-46-49(28)31(39)40;/h6-14,18,25,29,31H,15-17H2,1-5H3,(H2,42,47);1H/t25-,35-;/m1./s1. The molecular formula is C35H37ClF6N8O3. The number of aromatic nitrogens is 5. The molecule has 0 fully saturated rings. The molecule has 0 aliphatic carbocycles. The largest absolute Gasteiger partial charge is 0.463 e. The Morgan fingerprint density at radius 2 is 1.72 bits per heavy atom. The summed E-state index contributed by atoms with van der Waals surface area (Å²) in [5.41, 5.74) is 2.51. The minimum Gasteiger partial charge on any atom is -0.463 e. The van der Waals surface area contributed by atoms with Crippen LogP contribution in [-0.2, 0) is 19.9 Å². The van der Waals surface area contributed by atoms with Crippen molar-refractivity contribution in [2.75, 3.05) is 6.61 Å². The minimum absolute atomic E-state index is 0. The third-order valence-electron chi connectivity index (χ3n) is 8.58. The van der Waals surface area contributed by atoms with E-state index < -0.39 is 67.0 Å². The van der Waals surface area contributed by atoms with Crippen LogP contribution < -0.4 is 5.73 Å². The van der Waals surface area contributed by atoms with Crippen LogP contribution in [0.15, 0.2) is 66.2 Å². The number of alkyl halides is 5. The number of aryl methyl sites for hydroxylation is 1. The van der Waals surface area contributed by atoms with Gasteiger partial charge in [0, 0.05) is 35.4 Å². The number of hydrogen-bond acceptors (Lipinski definition) is 9. The quantitative estimate of drug-likeness (QED) is 0.110. The van der Waals surface area contributed by atoms with Gasteiger partial charge in [-0.25, -0.2) is 33.1 Å². The highest BCUT2D eigenvalue weighted by molar-refractivity contribution is 6.33. The van der Waals surface area contributed by atoms with E-state index in [9.17, 15) is 27.2 Å². The van der Waals surface area contributed by atoms with E-state index in [1.54, 1.807) is 43.6 Å². The number of esters is 1. The average molecular weight is 767 g/mol. The van der Waals surface area contributed by atoms with Gasteiger partial charge in [0.05, 0.1) is 17.5 Å². The summed E-state index contributed by atoms with van der Waals surface area (Å²) in [6, 6.07) is 9.48. The molecule has 11 nitrogen and oxygen atoms in total. The maximum atomic E-state index is 15.7. The lowest BCUT2D eigenvalue weighted by molar-refractivity contribution is -0.152. The van der Waals surface area contributed by atoms with Crippen LogP contribution >= 0.6 is 11.6 Å². The summed E-state index contributed by atoms with van der Waals surface area (Å²) >= 11 is 6.43. The van der Waals surface area contributed by atoms with Crippen LogP contribution in [0.3, 0.4) is 0 Å². The summed E-state index contributed by atoms with van der Waals surface area (Å²) in [5, 5.41) is 3.55. The van der Waals surface area contributed by atoms with E-state index in [-0.39, 0.29) is 32.6 Å². The SMILES string of the molecule is Cc1cc(-c2ncccn2)ccc1[C@@]1(CC(C)(C)F)N=C(N)N([C@H](COC(=O)CC(C)(C)C(F)F)c2ccc(Cl)c(-c3ncnn3C(F)F)c2)C1=O.F. The molecule has 2 aromatic carbocycles. The van der Waals surface area contributed by atoms with Gasteiger partial charge in [0.2, 0.25) is 6.43 Å². The first-order valence-corrected chi connectivity index (χ1v) is 16.4. The Hall–Kier alpha value is -5.06. The van der Waals surface area contributed by atoms with E-state index >= 15 is 4.39 Å². The second-order valence-electron chi connectivity index (χ2n) is 13.7. The molecule has 3 heterocycles. The summed E-state index contributed by atoms with van der Waals surface area (Å²) in [7, 11) is 0. The Labute approximate surface area is 305 Å². The molecule has 0 spiro atoms. The predicted octanol–water partition coefficient (Wildman–Crippen LogP) is 7.37. The van der Waals surface area contributed by atoms with E-state index in [1.165, 1.54) is 45.9 Å². The van der Waals surface area contributed by atoms with Gasteiger partial charge in [-0.1, -0.05) is 43.6 Å². The topological polar surface area (TPSA) is 141 Å². The van der Waals surface area contributed by atoms with E-state index in [1.807, 2.05) is 0 Å². The van der Waals surface area contributed by atoms with Crippen molar-refractivity contribution in [1.82, 2.24) is 29.6 Å². The molecule has 0 radical (unpaired) electrons. The number of carbonyl (C=O) groups is 2. The number of amides is 1. The maximum absolute atomic E-state index is 15.7. The molecule has 284 valence electrons. The smallest absolute Gasteiger partial charge is 0.335 e. The molecule has 2 atom stereocenters. The third kappa shape index (κ3) is 8.45. The zero-order valence-corrected chi connectivity index (χ0v) is 30.0. The van der Waals surface area contributed by atoms with Crippen molar-refractivity contribution < 1.29 is 41.0 Å². The second-order valence-corrected chi connectivity index (χ2v) is 14.1. The van der Waals surface area contributed by atoms with Gasteiger partial charge >= 0.3 is 12.5 Å². The van der Waals surface area contributed by atoms with Gasteiger partial charge in [-0.15, -0.1) is 0 Å². The van der Waals surface area contributed by atoms with Crippen LogP contribution in [0, 0.1) is 12.3 Å². The van der Waals surface area contributed by atoms with Crippen molar-refractivity contribution in [3.63, 3.8) is 0 Å². The molecule has 0 unspecified atom stereocenters. The number of hydrogen-bond donors (Lipinski definition) is 1. The molecule has 0 saturated heterocycles. The molecule has 0 bridgehead atoms. The third-order valence-corrected chi connectivity index (χ3v) is 8.91. The lowest BCUT2D eigenvalue weighted by Crippen LogP contribution is -2.48. The first-order chi connectivity index (χ1) is 24.3. The number of guanidine groups is 1. The van der Waals surface area contributed by atoms with Gasteiger partial charge in [0.1, 0.15) is 18.6 Å². The highest BCUT2D eigenvalue weighted by Crippen LogP contribution is 2.46. The fourth-order valence-electron chi connectivity index (χ4n) is 6.11. The molecule has 0 saturated carbocycles. The van der Waals surface area contributed by atoms with Crippen molar-refractivity contribution in [2.24, 2.45) is 16.1 Å². The number of benzene rings is 2. The summed E-state index contributed by atoms with van der Waals surface area (Å²) in [6.45, 7) is 2.95. The van der Waals surface area contributed by atoms with Crippen LogP contribution in [0.5, 0.6) is 0 Å². The van der Waals surface area contributed by atoms with Gasteiger partial charge in [0.15, 0.2) is 23.1 Å². The molecule has 1 aliphatic rings. The average Bonchev–Trinajstić information content (AvgIpc) is 3.64. The number of ether oxygens (including phenoxy) is 1. The number of nitrogens with zero attached hydrogens (tertiary/aromatic N) is 7. The Morgan fingerprint density at radius 3 is 2.32 bits per heavy atom. The maximum Gasteiger partial charge on any atom is 0.335 e. The molecule has 1 amide bonds. The zero-order valence-electron chi connectivity index (χ0n) is 29.2. The molecule has 18 heteroatoms. The van der Waals surface area contributed by atoms with Crippen LogP contribution in [-0.4, -0.2) is 66.2 Å². The first kappa shape index (κ1) is 40.7. The van der Waals surface area contributed by atoms with Crippen LogP contribution in [0.25, 0.3) is 22.8 Å². The summed E-state index contributed by atoms with van der Waals surface area (Å²) in [6.07, 6.45) is 0.0724. The Balaban J connectivity index is 0.00000627. The number of carbonyl (C=O) groups excluding carboxylic acids is 2. The first-order valence-electron chi connectivity index (χ1n) is 16.0. The second kappa shape index (κ2) is 15.5. The Kier molecular flexibility index (Phi) is 11.9. The molecule has 4 aromatic rings. The number of aliphatic imine (C=N–C) groups is 1. The number of nitrogens with two attached hydrogens (primary N) is 1. The van der Waals surface area contributed by atoms with E-state index in [0.29, 0.717) is 27.2 Å². The summed E-state index contributed by atoms with van der Waals surface area (Å²) in [4.78, 5) is 45.9. The van der Waals surface area contributed by atoms with Crippen LogP contribution in [0.1, 0.15) is 69.8 Å². The van der Waals surface area contributed by atoms with E-state index in [0.717, 1.165) is 11.2 Å². The molecule has 53 heavy (non-hydrogen) atoms. The fraction of sp³-hybridized carbons (Fsp3) is 0.400. The van der Waals surface area contributed by atoms with Crippen LogP contribution in [0.2, 0.25) is 5.02 Å². The van der Waals surface area contributed by atoms with E-state index in [2.05, 4.69) is 25.0 Å². The predicted molar refractivity (Wildman–Crippen MR) is 184 cm³/mol. The molecule has 1 aliphatic heterocycles. The highest BCUT2D eigenvalue weighted by atomic mass is 35.5. The lowest BCUT2D eigenvalue weighted by Gasteiger charge is -2.34. The van der Waals surface area contributed by atoms with E-state index in [4.69, 9.17) is 22.1 Å². The van der Waals surface area contributed by atoms with Gasteiger partial charge in [-0.3, -0.25) is 19.2 Å². The summed E-state index contributed by atoms with van der Waals surface area (Å²) < 4.78 is 76.4.